The zero-order valence-corrected chi connectivity index (χ0v) is 14.8. The molecule has 0 aliphatic rings. The van der Waals surface area contributed by atoms with Crippen LogP contribution in [0.3, 0.4) is 0 Å². The van der Waals surface area contributed by atoms with E-state index in [2.05, 4.69) is 9.97 Å². The number of fused-ring (bicyclic) bond motifs is 1. The highest BCUT2D eigenvalue weighted by atomic mass is 32.2. The highest BCUT2D eigenvalue weighted by molar-refractivity contribution is 8.02. The van der Waals surface area contributed by atoms with Gasteiger partial charge in [-0.05, 0) is 19.9 Å². The molecule has 5 nitrogen and oxygen atoms in total. The number of Topliss-reactive ketones (excluding diaryl/α,β-unsaturated/α-hetero) is 1. The van der Waals surface area contributed by atoms with Gasteiger partial charge in [-0.1, -0.05) is 30.0 Å². The van der Waals surface area contributed by atoms with Gasteiger partial charge in [-0.15, -0.1) is 11.3 Å². The molecule has 0 fully saturated rings. The van der Waals surface area contributed by atoms with Crippen LogP contribution in [-0.4, -0.2) is 32.1 Å². The van der Waals surface area contributed by atoms with Crippen molar-refractivity contribution in [3.63, 3.8) is 0 Å². The summed E-state index contributed by atoms with van der Waals surface area (Å²) in [6.45, 7) is 3.76. The Bertz CT molecular complexity index is 914. The first-order valence-electron chi connectivity index (χ1n) is 7.40. The summed E-state index contributed by atoms with van der Waals surface area (Å²) >= 11 is 2.74. The van der Waals surface area contributed by atoms with Crippen LogP contribution in [0.4, 0.5) is 0 Å². The number of carboxylic acids is 1. The topological polar surface area (TPSA) is 83.0 Å². The maximum Gasteiger partial charge on any atom is 0.309 e. The van der Waals surface area contributed by atoms with Crippen molar-refractivity contribution in [2.45, 2.75) is 29.9 Å². The number of hydrogen-bond acceptors (Lipinski definition) is 5. The van der Waals surface area contributed by atoms with Gasteiger partial charge in [0.25, 0.3) is 0 Å². The minimum absolute atomic E-state index is 0.0462. The van der Waals surface area contributed by atoms with Crippen LogP contribution in [0.15, 0.2) is 34.0 Å². The van der Waals surface area contributed by atoms with Gasteiger partial charge in [0.05, 0.1) is 17.4 Å². The number of ketones is 1. The molecule has 0 saturated heterocycles. The van der Waals surface area contributed by atoms with Crippen molar-refractivity contribution in [3.05, 3.63) is 46.6 Å². The standard InChI is InChI=1S/C17H16N2O3S2/c1-9-15(12-5-3-4-6-13(12)18-9)16(22)10(2)24-17-19-11(8-23-17)7-14(20)21/h3-6,8,10,18H,7H2,1-2H3,(H,20,21). The molecule has 0 bridgehead atoms. The summed E-state index contributed by atoms with van der Waals surface area (Å²) in [4.78, 5) is 31.1. The molecular formula is C17H16N2O3S2. The Morgan fingerprint density at radius 1 is 1.38 bits per heavy atom. The Kier molecular flexibility index (Phi) is 4.73. The minimum Gasteiger partial charge on any atom is -0.481 e. The molecule has 0 aliphatic heterocycles. The van der Waals surface area contributed by atoms with Crippen molar-refractivity contribution >= 4 is 45.8 Å². The number of aryl methyl sites for hydroxylation is 1. The fourth-order valence-corrected chi connectivity index (χ4v) is 4.62. The first-order chi connectivity index (χ1) is 11.5. The first-order valence-corrected chi connectivity index (χ1v) is 9.16. The van der Waals surface area contributed by atoms with Crippen LogP contribution in [0.1, 0.15) is 28.7 Å². The second-order valence-corrected chi connectivity index (χ2v) is 7.92. The number of para-hydroxylation sites is 1. The number of nitrogens with one attached hydrogen (secondary N) is 1. The average molecular weight is 360 g/mol. The van der Waals surface area contributed by atoms with Gasteiger partial charge in [0.2, 0.25) is 0 Å². The fraction of sp³-hybridized carbons (Fsp3) is 0.235. The van der Waals surface area contributed by atoms with Crippen LogP contribution in [0.5, 0.6) is 0 Å². The molecule has 3 rings (SSSR count). The van der Waals surface area contributed by atoms with E-state index in [1.54, 1.807) is 5.38 Å². The van der Waals surface area contributed by atoms with E-state index in [-0.39, 0.29) is 17.5 Å². The maximum atomic E-state index is 12.9. The number of aromatic amines is 1. The van der Waals surface area contributed by atoms with Gasteiger partial charge < -0.3 is 10.1 Å². The molecule has 1 atom stereocenters. The van der Waals surface area contributed by atoms with Gasteiger partial charge >= 0.3 is 5.97 Å². The second-order valence-electron chi connectivity index (χ2n) is 5.47. The lowest BCUT2D eigenvalue weighted by molar-refractivity contribution is -0.136. The molecular weight excluding hydrogens is 344 g/mol. The van der Waals surface area contributed by atoms with E-state index >= 15 is 0 Å². The van der Waals surface area contributed by atoms with Gasteiger partial charge in [-0.25, -0.2) is 4.98 Å². The Labute approximate surface area is 147 Å². The number of hydrogen-bond donors (Lipinski definition) is 2. The van der Waals surface area contributed by atoms with Crippen LogP contribution in [-0.2, 0) is 11.2 Å². The van der Waals surface area contributed by atoms with E-state index in [1.807, 2.05) is 38.1 Å². The summed E-state index contributed by atoms with van der Waals surface area (Å²) in [6.07, 6.45) is -0.0963. The molecule has 124 valence electrons. The number of carbonyl (C=O) groups excluding carboxylic acids is 1. The Morgan fingerprint density at radius 3 is 2.88 bits per heavy atom. The van der Waals surface area contributed by atoms with Crippen LogP contribution in [0.25, 0.3) is 10.9 Å². The highest BCUT2D eigenvalue weighted by Gasteiger charge is 2.23. The predicted octanol–water partition coefficient (Wildman–Crippen LogP) is 3.92. The predicted molar refractivity (Wildman–Crippen MR) is 96.1 cm³/mol. The smallest absolute Gasteiger partial charge is 0.309 e. The van der Waals surface area contributed by atoms with Crippen molar-refractivity contribution < 1.29 is 14.7 Å². The SMILES string of the molecule is Cc1[nH]c2ccccc2c1C(=O)C(C)Sc1nc(CC(=O)O)cs1. The molecule has 2 N–H and O–H groups in total. The molecule has 0 saturated carbocycles. The Morgan fingerprint density at radius 2 is 2.12 bits per heavy atom. The summed E-state index contributed by atoms with van der Waals surface area (Å²) in [7, 11) is 0. The van der Waals surface area contributed by atoms with Crippen LogP contribution >= 0.6 is 23.1 Å². The monoisotopic (exact) mass is 360 g/mol. The number of benzene rings is 1. The molecule has 0 aliphatic carbocycles. The number of aromatic nitrogens is 2. The van der Waals surface area contributed by atoms with Crippen molar-refractivity contribution in [1.82, 2.24) is 9.97 Å². The van der Waals surface area contributed by atoms with Gasteiger partial charge in [0.15, 0.2) is 10.1 Å². The summed E-state index contributed by atoms with van der Waals surface area (Å²) in [6, 6.07) is 7.75. The molecule has 3 aromatic rings. The van der Waals surface area contributed by atoms with Gasteiger partial charge in [0.1, 0.15) is 0 Å². The van der Waals surface area contributed by atoms with E-state index in [1.165, 1.54) is 23.1 Å². The van der Waals surface area contributed by atoms with Gasteiger partial charge in [0, 0.05) is 27.5 Å². The average Bonchev–Trinajstić information content (AvgIpc) is 3.08. The van der Waals surface area contributed by atoms with E-state index in [0.717, 1.165) is 16.6 Å². The summed E-state index contributed by atoms with van der Waals surface area (Å²) in [5.41, 5.74) is 3.05. The van der Waals surface area contributed by atoms with Crippen molar-refractivity contribution in [1.29, 1.82) is 0 Å². The molecule has 2 aromatic heterocycles. The van der Waals surface area contributed by atoms with Crippen LogP contribution in [0.2, 0.25) is 0 Å². The number of thioether (sulfide) groups is 1. The number of carboxylic acid groups (broad SMARTS) is 1. The highest BCUT2D eigenvalue weighted by Crippen LogP contribution is 2.31. The lowest BCUT2D eigenvalue weighted by atomic mass is 10.1. The molecule has 0 radical (unpaired) electrons. The molecule has 1 aromatic carbocycles. The zero-order chi connectivity index (χ0) is 17.3. The number of carbonyl (C=O) groups is 2. The largest absolute Gasteiger partial charge is 0.481 e. The number of rotatable bonds is 6. The molecule has 0 amide bonds. The number of thiazole rings is 1. The van der Waals surface area contributed by atoms with Gasteiger partial charge in [-0.3, -0.25) is 9.59 Å². The molecule has 2 heterocycles. The summed E-state index contributed by atoms with van der Waals surface area (Å²) in [5.74, 6) is -0.861. The van der Waals surface area contributed by atoms with Crippen molar-refractivity contribution in [2.75, 3.05) is 0 Å². The Balaban J connectivity index is 1.80. The summed E-state index contributed by atoms with van der Waals surface area (Å²) < 4.78 is 0.713. The third kappa shape index (κ3) is 3.37. The van der Waals surface area contributed by atoms with Gasteiger partial charge in [-0.2, -0.15) is 0 Å². The molecule has 7 heteroatoms. The van der Waals surface area contributed by atoms with E-state index in [4.69, 9.17) is 5.11 Å². The second kappa shape index (κ2) is 6.78. The Hall–Kier alpha value is -2.12. The molecule has 1 unspecified atom stereocenters. The lowest BCUT2D eigenvalue weighted by Gasteiger charge is -2.08. The quantitative estimate of drug-likeness (QED) is 0.514. The van der Waals surface area contributed by atoms with Crippen molar-refractivity contribution in [3.8, 4) is 0 Å². The van der Waals surface area contributed by atoms with E-state index in [0.29, 0.717) is 15.6 Å². The van der Waals surface area contributed by atoms with Crippen LogP contribution in [0, 0.1) is 6.92 Å². The van der Waals surface area contributed by atoms with Crippen LogP contribution < -0.4 is 0 Å². The lowest BCUT2D eigenvalue weighted by Crippen LogP contribution is -2.14. The fourth-order valence-electron chi connectivity index (χ4n) is 2.58. The van der Waals surface area contributed by atoms with E-state index < -0.39 is 5.97 Å². The summed E-state index contributed by atoms with van der Waals surface area (Å²) in [5, 5.41) is 11.2. The number of H-pyrrole nitrogens is 1. The minimum atomic E-state index is -0.907. The van der Waals surface area contributed by atoms with Crippen molar-refractivity contribution in [2.24, 2.45) is 0 Å². The number of nitrogens with zero attached hydrogens (tertiary/aromatic N) is 1. The normalized spacial score (nSPS) is 12.4. The zero-order valence-electron chi connectivity index (χ0n) is 13.2. The third-order valence-electron chi connectivity index (χ3n) is 3.65. The first kappa shape index (κ1) is 16.7. The molecule has 24 heavy (non-hydrogen) atoms. The van der Waals surface area contributed by atoms with E-state index in [9.17, 15) is 9.59 Å². The molecule has 0 spiro atoms. The third-order valence-corrected chi connectivity index (χ3v) is 5.77. The number of aliphatic carboxylic acids is 1. The maximum absolute atomic E-state index is 12.9.